The molecule has 1 fully saturated rings. The molecule has 1 aliphatic heterocycles. The van der Waals surface area contributed by atoms with Crippen LogP contribution in [0.2, 0.25) is 0 Å². The highest BCUT2D eigenvalue weighted by Gasteiger charge is 2.28. The Morgan fingerprint density at radius 3 is 2.38 bits per heavy atom. The maximum Gasteiger partial charge on any atom is 0.273 e. The number of benzene rings is 1. The first-order valence-corrected chi connectivity index (χ1v) is 10.1. The van der Waals surface area contributed by atoms with E-state index in [4.69, 9.17) is 9.26 Å². The van der Waals surface area contributed by atoms with Gasteiger partial charge in [-0.15, -0.1) is 0 Å². The Balaban J connectivity index is 1.47. The summed E-state index contributed by atoms with van der Waals surface area (Å²) < 4.78 is 10.8. The van der Waals surface area contributed by atoms with Crippen molar-refractivity contribution in [2.45, 2.75) is 58.6 Å². The minimum absolute atomic E-state index is 0.0170. The van der Waals surface area contributed by atoms with Crippen molar-refractivity contribution < 1.29 is 18.8 Å². The number of likely N-dealkylation sites (tertiary alicyclic amines) is 1. The first-order valence-electron chi connectivity index (χ1n) is 10.1. The fourth-order valence-electron chi connectivity index (χ4n) is 3.42. The molecule has 1 N–H and O–H groups in total. The molecule has 1 atom stereocenters. The van der Waals surface area contributed by atoms with Gasteiger partial charge in [0.25, 0.3) is 11.8 Å². The van der Waals surface area contributed by atoms with Crippen LogP contribution in [-0.2, 0) is 4.79 Å². The Bertz CT molecular complexity index is 836. The standard InChI is InChI=1S/C22H29N3O4/c1-14(2)17-5-7-19(8-6-17)28-16(4)22(27)25-11-9-18(10-12-25)23-21(26)20-13-15(3)29-24-20/h5-8,13-14,16,18H,9-12H2,1-4H3,(H,23,26). The minimum atomic E-state index is -0.552. The van der Waals surface area contributed by atoms with Crippen molar-refractivity contribution in [2.24, 2.45) is 0 Å². The lowest BCUT2D eigenvalue weighted by Crippen LogP contribution is -2.49. The van der Waals surface area contributed by atoms with E-state index in [9.17, 15) is 9.59 Å². The van der Waals surface area contributed by atoms with Gasteiger partial charge in [-0.05, 0) is 50.3 Å². The Labute approximate surface area is 171 Å². The molecule has 0 saturated carbocycles. The van der Waals surface area contributed by atoms with Crippen molar-refractivity contribution in [3.63, 3.8) is 0 Å². The molecular weight excluding hydrogens is 370 g/mol. The molecule has 0 aliphatic carbocycles. The van der Waals surface area contributed by atoms with Crippen LogP contribution in [0.25, 0.3) is 0 Å². The molecular formula is C22H29N3O4. The molecule has 2 amide bonds. The third-order valence-electron chi connectivity index (χ3n) is 5.21. The number of rotatable bonds is 6. The van der Waals surface area contributed by atoms with Gasteiger partial charge >= 0.3 is 0 Å². The third kappa shape index (κ3) is 5.37. The second kappa shape index (κ2) is 9.11. The molecule has 1 unspecified atom stereocenters. The number of aromatic nitrogens is 1. The number of ether oxygens (including phenoxy) is 1. The Hall–Kier alpha value is -2.83. The highest BCUT2D eigenvalue weighted by Crippen LogP contribution is 2.20. The second-order valence-electron chi connectivity index (χ2n) is 7.88. The van der Waals surface area contributed by atoms with E-state index in [-0.39, 0.29) is 23.6 Å². The summed E-state index contributed by atoms with van der Waals surface area (Å²) >= 11 is 0. The Morgan fingerprint density at radius 2 is 1.83 bits per heavy atom. The van der Waals surface area contributed by atoms with Crippen molar-refractivity contribution >= 4 is 11.8 Å². The number of carbonyl (C=O) groups is 2. The van der Waals surface area contributed by atoms with E-state index >= 15 is 0 Å². The summed E-state index contributed by atoms with van der Waals surface area (Å²) in [7, 11) is 0. The van der Waals surface area contributed by atoms with Crippen molar-refractivity contribution in [2.75, 3.05) is 13.1 Å². The first kappa shape index (κ1) is 20.9. The van der Waals surface area contributed by atoms with Crippen LogP contribution in [0.1, 0.15) is 61.3 Å². The summed E-state index contributed by atoms with van der Waals surface area (Å²) in [5, 5.41) is 6.69. The lowest BCUT2D eigenvalue weighted by Gasteiger charge is -2.33. The predicted molar refractivity (Wildman–Crippen MR) is 109 cm³/mol. The van der Waals surface area contributed by atoms with Crippen LogP contribution >= 0.6 is 0 Å². The van der Waals surface area contributed by atoms with Gasteiger partial charge in [0.2, 0.25) is 0 Å². The molecule has 3 rings (SSSR count). The summed E-state index contributed by atoms with van der Waals surface area (Å²) in [6, 6.07) is 9.51. The molecule has 2 aromatic rings. The van der Waals surface area contributed by atoms with Crippen LogP contribution in [0.3, 0.4) is 0 Å². The summed E-state index contributed by atoms with van der Waals surface area (Å²) in [5.74, 6) is 1.48. The maximum absolute atomic E-state index is 12.7. The molecule has 1 aromatic heterocycles. The van der Waals surface area contributed by atoms with Crippen LogP contribution < -0.4 is 10.1 Å². The zero-order chi connectivity index (χ0) is 21.0. The summed E-state index contributed by atoms with van der Waals surface area (Å²) in [4.78, 5) is 26.7. The second-order valence-corrected chi connectivity index (χ2v) is 7.88. The molecule has 29 heavy (non-hydrogen) atoms. The van der Waals surface area contributed by atoms with Crippen LogP contribution in [0, 0.1) is 6.92 Å². The number of nitrogens with one attached hydrogen (secondary N) is 1. The van der Waals surface area contributed by atoms with Gasteiger partial charge in [0.1, 0.15) is 11.5 Å². The number of carbonyl (C=O) groups excluding carboxylic acids is 2. The number of nitrogens with zero attached hydrogens (tertiary/aromatic N) is 2. The maximum atomic E-state index is 12.7. The zero-order valence-electron chi connectivity index (χ0n) is 17.5. The molecule has 7 nitrogen and oxygen atoms in total. The fraction of sp³-hybridized carbons (Fsp3) is 0.500. The zero-order valence-corrected chi connectivity index (χ0v) is 17.5. The number of piperidine rings is 1. The Kier molecular flexibility index (Phi) is 6.56. The van der Waals surface area contributed by atoms with Gasteiger partial charge in [0.05, 0.1) is 0 Å². The van der Waals surface area contributed by atoms with Gasteiger partial charge in [-0.2, -0.15) is 0 Å². The van der Waals surface area contributed by atoms with Gasteiger partial charge < -0.3 is 19.5 Å². The lowest BCUT2D eigenvalue weighted by molar-refractivity contribution is -0.139. The average Bonchev–Trinajstić information content (AvgIpc) is 3.15. The van der Waals surface area contributed by atoms with E-state index in [1.54, 1.807) is 24.8 Å². The van der Waals surface area contributed by atoms with E-state index in [2.05, 4.69) is 24.3 Å². The van der Waals surface area contributed by atoms with Crippen LogP contribution in [0.15, 0.2) is 34.9 Å². The van der Waals surface area contributed by atoms with Crippen molar-refractivity contribution in [3.8, 4) is 5.75 Å². The van der Waals surface area contributed by atoms with Gasteiger partial charge in [-0.25, -0.2) is 0 Å². The smallest absolute Gasteiger partial charge is 0.273 e. The van der Waals surface area contributed by atoms with Crippen LogP contribution in [0.4, 0.5) is 0 Å². The molecule has 1 saturated heterocycles. The fourth-order valence-corrected chi connectivity index (χ4v) is 3.42. The molecule has 2 heterocycles. The first-order chi connectivity index (χ1) is 13.8. The number of hydrogen-bond acceptors (Lipinski definition) is 5. The molecule has 1 aliphatic rings. The predicted octanol–water partition coefficient (Wildman–Crippen LogP) is 3.29. The summed E-state index contributed by atoms with van der Waals surface area (Å²) in [6.45, 7) is 8.97. The molecule has 0 radical (unpaired) electrons. The normalized spacial score (nSPS) is 16.0. The number of amides is 2. The number of aryl methyl sites for hydroxylation is 1. The molecule has 1 aromatic carbocycles. The van der Waals surface area contributed by atoms with Gasteiger partial charge in [0.15, 0.2) is 11.8 Å². The summed E-state index contributed by atoms with van der Waals surface area (Å²) in [6.07, 6.45) is 0.845. The van der Waals surface area contributed by atoms with Crippen molar-refractivity contribution in [1.82, 2.24) is 15.4 Å². The highest BCUT2D eigenvalue weighted by atomic mass is 16.5. The van der Waals surface area contributed by atoms with Crippen LogP contribution in [-0.4, -0.2) is 47.1 Å². The van der Waals surface area contributed by atoms with Crippen molar-refractivity contribution in [3.05, 3.63) is 47.3 Å². The quantitative estimate of drug-likeness (QED) is 0.806. The van der Waals surface area contributed by atoms with E-state index in [0.29, 0.717) is 43.4 Å². The van der Waals surface area contributed by atoms with Gasteiger partial charge in [-0.1, -0.05) is 31.1 Å². The van der Waals surface area contributed by atoms with E-state index in [1.807, 2.05) is 24.3 Å². The lowest BCUT2D eigenvalue weighted by atomic mass is 10.0. The monoisotopic (exact) mass is 399 g/mol. The largest absolute Gasteiger partial charge is 0.481 e. The van der Waals surface area contributed by atoms with E-state index < -0.39 is 6.10 Å². The topological polar surface area (TPSA) is 84.7 Å². The highest BCUT2D eigenvalue weighted by molar-refractivity contribution is 5.92. The van der Waals surface area contributed by atoms with Gasteiger partial charge in [0, 0.05) is 25.2 Å². The Morgan fingerprint density at radius 1 is 1.17 bits per heavy atom. The molecule has 0 bridgehead atoms. The van der Waals surface area contributed by atoms with Crippen LogP contribution in [0.5, 0.6) is 5.75 Å². The minimum Gasteiger partial charge on any atom is -0.481 e. The SMILES string of the molecule is Cc1cc(C(=O)NC2CCN(C(=O)C(C)Oc3ccc(C(C)C)cc3)CC2)no1. The van der Waals surface area contributed by atoms with Crippen molar-refractivity contribution in [1.29, 1.82) is 0 Å². The molecule has 7 heteroatoms. The molecule has 156 valence electrons. The summed E-state index contributed by atoms with van der Waals surface area (Å²) in [5.41, 5.74) is 1.52. The molecule has 0 spiro atoms. The van der Waals surface area contributed by atoms with Gasteiger partial charge in [-0.3, -0.25) is 9.59 Å². The van der Waals surface area contributed by atoms with E-state index in [1.165, 1.54) is 5.56 Å². The average molecular weight is 399 g/mol. The van der Waals surface area contributed by atoms with E-state index in [0.717, 1.165) is 0 Å². The number of hydrogen-bond donors (Lipinski definition) is 1. The third-order valence-corrected chi connectivity index (χ3v) is 5.21.